The molecule has 100 heavy (non-hydrogen) atoms. The first-order valence-corrected chi connectivity index (χ1v) is 34.9. The van der Waals surface area contributed by atoms with E-state index in [9.17, 15) is 28.8 Å². The third kappa shape index (κ3) is 23.1. The number of amides is 1. The van der Waals surface area contributed by atoms with Gasteiger partial charge in [0.25, 0.3) is 0 Å². The van der Waals surface area contributed by atoms with Gasteiger partial charge < -0.3 is 71.6 Å². The highest BCUT2D eigenvalue weighted by molar-refractivity contribution is 7.99. The van der Waals surface area contributed by atoms with Crippen LogP contribution in [0.2, 0.25) is 0 Å². The third-order valence-corrected chi connectivity index (χ3v) is 17.3. The molecule has 0 radical (unpaired) electrons. The van der Waals surface area contributed by atoms with E-state index in [-0.39, 0.29) is 26.4 Å². The third-order valence-electron chi connectivity index (χ3n) is 16.1. The molecule has 22 nitrogen and oxygen atoms in total. The van der Waals surface area contributed by atoms with Gasteiger partial charge >= 0.3 is 35.8 Å². The SMILES string of the molecule is CC(=O)N[C@H]1[C@@H](O[C@@H]2[C@H](OC(=O)C(C)(C)C)[C@@H](OC(=O)C(C)(C)C)[C@H](O[C@H]3[C@H](OC(=O)C(C)(C)C)[C@@H](OC(=O)C(C)(C)C)[C@H](Sc4ccccc4)O[C@@H]3COC(=O)C(C)(C)C)O[C@@H]2COC(=O)C(C)(C)C)O[C@H](COCc2ccccc2)[C@H](OCc2ccccc2)[C@@H]1OCc1ccccc1. The average molecular weight is 1410 g/mol. The maximum Gasteiger partial charge on any atom is 0.311 e. The van der Waals surface area contributed by atoms with Crippen molar-refractivity contribution in [1.29, 1.82) is 0 Å². The number of rotatable bonds is 25. The molecular formula is C77H105NO21S. The number of carbonyl (C=O) groups is 7. The van der Waals surface area contributed by atoms with Crippen LogP contribution in [0.1, 0.15) is 148 Å². The minimum atomic E-state index is -1.99. The van der Waals surface area contributed by atoms with E-state index >= 15 is 4.79 Å². The van der Waals surface area contributed by atoms with Gasteiger partial charge in [-0.25, -0.2) is 0 Å². The van der Waals surface area contributed by atoms with Gasteiger partial charge in [0, 0.05) is 11.8 Å². The quantitative estimate of drug-likeness (QED) is 0.0477. The Labute approximate surface area is 593 Å². The Morgan fingerprint density at radius 3 is 1.13 bits per heavy atom. The van der Waals surface area contributed by atoms with Gasteiger partial charge in [0.1, 0.15) is 67.4 Å². The summed E-state index contributed by atoms with van der Waals surface area (Å²) < 4.78 is 94.8. The van der Waals surface area contributed by atoms with Crippen LogP contribution in [0.3, 0.4) is 0 Å². The van der Waals surface area contributed by atoms with Crippen molar-refractivity contribution in [3.63, 3.8) is 0 Å². The van der Waals surface area contributed by atoms with Crippen molar-refractivity contribution in [3.05, 3.63) is 138 Å². The molecule has 0 saturated carbocycles. The molecule has 4 aromatic carbocycles. The molecule has 3 heterocycles. The number of esters is 6. The molecule has 23 heteroatoms. The lowest BCUT2D eigenvalue weighted by molar-refractivity contribution is -0.368. The highest BCUT2D eigenvalue weighted by atomic mass is 32.2. The summed E-state index contributed by atoms with van der Waals surface area (Å²) in [4.78, 5) is 102. The van der Waals surface area contributed by atoms with Crippen LogP contribution in [0.5, 0.6) is 0 Å². The van der Waals surface area contributed by atoms with Crippen LogP contribution in [0.15, 0.2) is 126 Å². The zero-order chi connectivity index (χ0) is 73.7. The van der Waals surface area contributed by atoms with Crippen LogP contribution in [-0.2, 0) is 120 Å². The van der Waals surface area contributed by atoms with E-state index in [0.29, 0.717) is 4.90 Å². The van der Waals surface area contributed by atoms with Crippen molar-refractivity contribution in [2.75, 3.05) is 19.8 Å². The van der Waals surface area contributed by atoms with Crippen LogP contribution in [0, 0.1) is 32.5 Å². The van der Waals surface area contributed by atoms with Crippen LogP contribution in [-0.4, -0.2) is 153 Å². The number of benzene rings is 4. The summed E-state index contributed by atoms with van der Waals surface area (Å²) in [5.74, 6) is -5.10. The smallest absolute Gasteiger partial charge is 0.311 e. The molecule has 4 aromatic rings. The highest BCUT2D eigenvalue weighted by Crippen LogP contribution is 2.43. The first-order valence-electron chi connectivity index (χ1n) is 34.1. The number of hydrogen-bond donors (Lipinski definition) is 1. The van der Waals surface area contributed by atoms with Gasteiger partial charge in [0.05, 0.1) is 58.9 Å². The predicted molar refractivity (Wildman–Crippen MR) is 370 cm³/mol. The molecule has 0 bridgehead atoms. The van der Waals surface area contributed by atoms with Crippen LogP contribution in [0.25, 0.3) is 0 Å². The van der Waals surface area contributed by atoms with Crippen molar-refractivity contribution in [2.45, 2.75) is 247 Å². The fraction of sp³-hybridized carbons (Fsp3) is 0.597. The Kier molecular flexibility index (Phi) is 27.7. The van der Waals surface area contributed by atoms with Gasteiger partial charge in [-0.1, -0.05) is 121 Å². The zero-order valence-electron chi connectivity index (χ0n) is 61.4. The molecule has 1 N–H and O–H groups in total. The molecule has 3 fully saturated rings. The molecule has 3 aliphatic rings. The minimum Gasteiger partial charge on any atom is -0.462 e. The average Bonchev–Trinajstić information content (AvgIpc) is 0.757. The van der Waals surface area contributed by atoms with Crippen molar-refractivity contribution in [1.82, 2.24) is 5.32 Å². The first-order chi connectivity index (χ1) is 46.7. The molecule has 3 aliphatic heterocycles. The highest BCUT2D eigenvalue weighted by Gasteiger charge is 2.61. The number of hydrogen-bond acceptors (Lipinski definition) is 22. The fourth-order valence-electron chi connectivity index (χ4n) is 10.3. The maximum atomic E-state index is 15.1. The Hall–Kier alpha value is -6.80. The summed E-state index contributed by atoms with van der Waals surface area (Å²) in [5, 5.41) is 3.03. The Morgan fingerprint density at radius 2 is 0.710 bits per heavy atom. The van der Waals surface area contributed by atoms with Crippen LogP contribution in [0.4, 0.5) is 0 Å². The standard InChI is InChI=1S/C77H105NO21S/c1-46(79)78-54-58(88-42-49-36-28-22-29-37-49)55(87-41-48-34-26-21-27-35-48)51(43-86-40-47-32-24-20-25-33-47)91-63(54)94-56-52(44-89-66(80)72(2,3)4)92-64(61(98-70(84)76(14,15)16)59(56)96-68(82)74(8,9)10)95-57-53(45-90-67(81)73(5,6)7)93-65(100-50-38-30-23-31-39-50)62(99-71(85)77(17,18)19)60(57)97-69(83)75(11,12)13/h20-39,51-65H,40-45H2,1-19H3,(H,78,79)/t51-,52-,53-,54-,55+,56+,57-,58-,59+,60+,61-,62-,63-,64+,65+/m1/s1. The van der Waals surface area contributed by atoms with E-state index in [0.717, 1.165) is 28.5 Å². The second-order valence-corrected chi connectivity index (χ2v) is 32.9. The van der Waals surface area contributed by atoms with E-state index in [2.05, 4.69) is 5.32 Å². The van der Waals surface area contributed by atoms with Crippen molar-refractivity contribution in [3.8, 4) is 0 Å². The molecule has 0 aromatic heterocycles. The topological polar surface area (TPSA) is 261 Å². The Morgan fingerprint density at radius 1 is 0.370 bits per heavy atom. The predicted octanol–water partition coefficient (Wildman–Crippen LogP) is 11.6. The number of nitrogens with one attached hydrogen (secondary N) is 1. The summed E-state index contributed by atoms with van der Waals surface area (Å²) in [6.45, 7) is 29.5. The lowest BCUT2D eigenvalue weighted by atomic mass is 9.92. The first kappa shape index (κ1) is 80.5. The van der Waals surface area contributed by atoms with Gasteiger partial charge in [-0.3, -0.25) is 33.6 Å². The summed E-state index contributed by atoms with van der Waals surface area (Å²) >= 11 is 1.14. The molecule has 550 valence electrons. The van der Waals surface area contributed by atoms with Crippen LogP contribution >= 0.6 is 11.8 Å². The van der Waals surface area contributed by atoms with E-state index in [1.807, 2.05) is 109 Å². The van der Waals surface area contributed by atoms with Gasteiger partial charge in [0.2, 0.25) is 5.91 Å². The van der Waals surface area contributed by atoms with Gasteiger partial charge in [-0.05, 0) is 153 Å². The number of thioether (sulfide) groups is 1. The Balaban J connectivity index is 1.47. The summed E-state index contributed by atoms with van der Waals surface area (Å²) in [6, 6.07) is 36.1. The van der Waals surface area contributed by atoms with Gasteiger partial charge in [-0.2, -0.15) is 0 Å². The van der Waals surface area contributed by atoms with E-state index < -0.39 is 179 Å². The molecule has 0 spiro atoms. The number of carbonyl (C=O) groups excluding carboxylic acids is 7. The molecular weight excluding hydrogens is 1310 g/mol. The van der Waals surface area contributed by atoms with Crippen molar-refractivity contribution >= 4 is 53.5 Å². The van der Waals surface area contributed by atoms with Gasteiger partial charge in [0.15, 0.2) is 37.0 Å². The molecule has 15 atom stereocenters. The van der Waals surface area contributed by atoms with Crippen molar-refractivity contribution in [2.24, 2.45) is 32.5 Å². The minimum absolute atomic E-state index is 0.0000201. The van der Waals surface area contributed by atoms with E-state index in [1.54, 1.807) is 137 Å². The maximum absolute atomic E-state index is 15.1. The summed E-state index contributed by atoms with van der Waals surface area (Å²) in [7, 11) is 0. The molecule has 3 saturated heterocycles. The van der Waals surface area contributed by atoms with E-state index in [4.69, 9.17) is 66.3 Å². The second kappa shape index (κ2) is 34.4. The van der Waals surface area contributed by atoms with Crippen molar-refractivity contribution < 1.29 is 99.9 Å². The molecule has 0 aliphatic carbocycles. The summed E-state index contributed by atoms with van der Waals surface area (Å²) in [5.41, 5.74) is -5.91. The largest absolute Gasteiger partial charge is 0.462 e. The van der Waals surface area contributed by atoms with E-state index in [1.165, 1.54) is 6.92 Å². The zero-order valence-corrected chi connectivity index (χ0v) is 62.2. The summed E-state index contributed by atoms with van der Waals surface area (Å²) in [6.07, 6.45) is -20.3. The van der Waals surface area contributed by atoms with Crippen LogP contribution < -0.4 is 5.32 Å². The Bertz CT molecular complexity index is 3310. The van der Waals surface area contributed by atoms with Gasteiger partial charge in [-0.15, -0.1) is 0 Å². The fourth-order valence-corrected chi connectivity index (χ4v) is 11.4. The lowest BCUT2D eigenvalue weighted by Crippen LogP contribution is -2.70. The molecule has 1 amide bonds. The molecule has 0 unspecified atom stereocenters. The molecule has 7 rings (SSSR count). The lowest BCUT2D eigenvalue weighted by Gasteiger charge is -2.51. The normalized spacial score (nSPS) is 26.1. The number of ether oxygens (including phenoxy) is 14. The second-order valence-electron chi connectivity index (χ2n) is 31.7. The monoisotopic (exact) mass is 1410 g/mol.